The third-order valence-electron chi connectivity index (χ3n) is 2.56. The molecule has 0 aromatic carbocycles. The molecule has 2 rings (SSSR count). The van der Waals surface area contributed by atoms with Gasteiger partial charge in [-0.2, -0.15) is 0 Å². The number of hydrogen-bond acceptors (Lipinski definition) is 5. The molecule has 7 heteroatoms. The van der Waals surface area contributed by atoms with Crippen molar-refractivity contribution in [2.24, 2.45) is 0 Å². The van der Waals surface area contributed by atoms with E-state index in [-0.39, 0.29) is 12.5 Å². The molecule has 1 amide bonds. The second kappa shape index (κ2) is 6.78. The van der Waals surface area contributed by atoms with Crippen molar-refractivity contribution in [3.05, 3.63) is 30.0 Å². The van der Waals surface area contributed by atoms with Crippen molar-refractivity contribution in [1.29, 1.82) is 0 Å². The van der Waals surface area contributed by atoms with Crippen molar-refractivity contribution in [2.75, 3.05) is 25.1 Å². The van der Waals surface area contributed by atoms with Gasteiger partial charge in [0.05, 0.1) is 19.8 Å². The number of nitrogens with one attached hydrogen (secondary N) is 1. The smallest absolute Gasteiger partial charge is 0.328 e. The number of nitrogens with zero attached hydrogens (tertiary/aromatic N) is 1. The lowest BCUT2D eigenvalue weighted by atomic mass is 10.2. The van der Waals surface area contributed by atoms with E-state index >= 15 is 0 Å². The Morgan fingerprint density at radius 1 is 1.45 bits per heavy atom. The lowest BCUT2D eigenvalue weighted by molar-refractivity contribution is -0.142. The summed E-state index contributed by atoms with van der Waals surface area (Å²) < 4.78 is 10.4. The number of amides is 1. The summed E-state index contributed by atoms with van der Waals surface area (Å²) in [5.41, 5.74) is 0.624. The highest BCUT2D eigenvalue weighted by Gasteiger charge is 2.22. The molecule has 0 aliphatic carbocycles. The van der Waals surface area contributed by atoms with Crippen LogP contribution in [0.15, 0.2) is 24.4 Å². The molecule has 0 spiro atoms. The SMILES string of the molecule is O=C(O)/C=C/c1ccnc(NC(=O)C2COCCO2)c1. The summed E-state index contributed by atoms with van der Waals surface area (Å²) in [6, 6.07) is 3.20. The van der Waals surface area contributed by atoms with Gasteiger partial charge in [-0.25, -0.2) is 9.78 Å². The highest BCUT2D eigenvalue weighted by atomic mass is 16.6. The highest BCUT2D eigenvalue weighted by molar-refractivity contribution is 5.94. The van der Waals surface area contributed by atoms with Crippen molar-refractivity contribution in [1.82, 2.24) is 4.98 Å². The zero-order valence-electron chi connectivity index (χ0n) is 10.6. The lowest BCUT2D eigenvalue weighted by Gasteiger charge is -2.21. The maximum atomic E-state index is 11.9. The molecular formula is C13H14N2O5. The Kier molecular flexibility index (Phi) is 4.80. The third-order valence-corrected chi connectivity index (χ3v) is 2.56. The highest BCUT2D eigenvalue weighted by Crippen LogP contribution is 2.10. The first-order valence-electron chi connectivity index (χ1n) is 6.02. The fourth-order valence-electron chi connectivity index (χ4n) is 1.63. The first-order chi connectivity index (χ1) is 9.65. The molecule has 1 aliphatic heterocycles. The number of carboxylic acids is 1. The van der Waals surface area contributed by atoms with E-state index in [1.54, 1.807) is 12.1 Å². The number of aromatic nitrogens is 1. The van der Waals surface area contributed by atoms with Crippen LogP contribution in [0.5, 0.6) is 0 Å². The van der Waals surface area contributed by atoms with Gasteiger partial charge < -0.3 is 19.9 Å². The molecule has 7 nitrogen and oxygen atoms in total. The third kappa shape index (κ3) is 4.15. The Morgan fingerprint density at radius 2 is 2.30 bits per heavy atom. The Morgan fingerprint density at radius 3 is 3.00 bits per heavy atom. The number of aliphatic carboxylic acids is 1. The van der Waals surface area contributed by atoms with Crippen molar-refractivity contribution >= 4 is 23.8 Å². The number of carbonyl (C=O) groups is 2. The van der Waals surface area contributed by atoms with Gasteiger partial charge in [0.15, 0.2) is 6.10 Å². The van der Waals surface area contributed by atoms with Gasteiger partial charge in [0.25, 0.3) is 5.91 Å². The van der Waals surface area contributed by atoms with Gasteiger partial charge in [-0.1, -0.05) is 0 Å². The predicted octanol–water partition coefficient (Wildman–Crippen LogP) is 0.533. The van der Waals surface area contributed by atoms with Crippen LogP contribution in [0.1, 0.15) is 5.56 Å². The van der Waals surface area contributed by atoms with Crippen molar-refractivity contribution in [3.8, 4) is 0 Å². The summed E-state index contributed by atoms with van der Waals surface area (Å²) in [5, 5.41) is 11.2. The number of hydrogen-bond donors (Lipinski definition) is 2. The number of pyridine rings is 1. The van der Waals surface area contributed by atoms with Gasteiger partial charge in [-0.3, -0.25) is 4.79 Å². The Bertz CT molecular complexity index is 523. The van der Waals surface area contributed by atoms with Crippen molar-refractivity contribution < 1.29 is 24.2 Å². The minimum atomic E-state index is -1.04. The maximum Gasteiger partial charge on any atom is 0.328 e. The molecule has 2 N–H and O–H groups in total. The van der Waals surface area contributed by atoms with Crippen LogP contribution >= 0.6 is 0 Å². The van der Waals surface area contributed by atoms with Crippen LogP contribution in [0.25, 0.3) is 6.08 Å². The fourth-order valence-corrected chi connectivity index (χ4v) is 1.63. The summed E-state index contributed by atoms with van der Waals surface area (Å²) in [4.78, 5) is 26.3. The molecule has 1 aliphatic rings. The minimum absolute atomic E-state index is 0.213. The van der Waals surface area contributed by atoms with E-state index < -0.39 is 12.1 Å². The molecule has 106 valence electrons. The fraction of sp³-hybridized carbons (Fsp3) is 0.308. The van der Waals surface area contributed by atoms with Gasteiger partial charge in [-0.05, 0) is 23.8 Å². The summed E-state index contributed by atoms with van der Waals surface area (Å²) in [7, 11) is 0. The number of rotatable bonds is 4. The van der Waals surface area contributed by atoms with Crippen LogP contribution in [0.3, 0.4) is 0 Å². The standard InChI is InChI=1S/C13H14N2O5/c16-12(17)2-1-9-3-4-14-11(7-9)15-13(18)10-8-19-5-6-20-10/h1-4,7,10H,5-6,8H2,(H,16,17)(H,14,15,18)/b2-1+. The molecule has 1 unspecified atom stereocenters. The Labute approximate surface area is 115 Å². The molecule has 1 aromatic rings. The van der Waals surface area contributed by atoms with E-state index in [9.17, 15) is 9.59 Å². The van der Waals surface area contributed by atoms with Gasteiger partial charge in [0.1, 0.15) is 5.82 Å². The molecule has 1 atom stereocenters. The maximum absolute atomic E-state index is 11.9. The zero-order chi connectivity index (χ0) is 14.4. The molecule has 1 saturated heterocycles. The Balaban J connectivity index is 2.00. The minimum Gasteiger partial charge on any atom is -0.478 e. The summed E-state index contributed by atoms with van der Waals surface area (Å²) in [6.45, 7) is 1.08. The lowest BCUT2D eigenvalue weighted by Crippen LogP contribution is -2.39. The summed E-state index contributed by atoms with van der Waals surface area (Å²) >= 11 is 0. The molecule has 0 bridgehead atoms. The van der Waals surface area contributed by atoms with Crippen molar-refractivity contribution in [3.63, 3.8) is 0 Å². The van der Waals surface area contributed by atoms with Crippen LogP contribution in [0.2, 0.25) is 0 Å². The van der Waals surface area contributed by atoms with Gasteiger partial charge >= 0.3 is 5.97 Å². The first-order valence-corrected chi connectivity index (χ1v) is 6.02. The van der Waals surface area contributed by atoms with Crippen LogP contribution in [-0.2, 0) is 19.1 Å². The predicted molar refractivity (Wildman–Crippen MR) is 70.1 cm³/mol. The second-order valence-corrected chi connectivity index (χ2v) is 4.07. The first kappa shape index (κ1) is 14.2. The van der Waals surface area contributed by atoms with E-state index in [2.05, 4.69) is 10.3 Å². The van der Waals surface area contributed by atoms with E-state index in [1.807, 2.05) is 0 Å². The zero-order valence-corrected chi connectivity index (χ0v) is 10.6. The topological polar surface area (TPSA) is 97.8 Å². The quantitative estimate of drug-likeness (QED) is 0.780. The van der Waals surface area contributed by atoms with E-state index in [0.717, 1.165) is 6.08 Å². The summed E-state index contributed by atoms with van der Waals surface area (Å²) in [5.74, 6) is -1.05. The molecule has 2 heterocycles. The Hall–Kier alpha value is -2.25. The average molecular weight is 278 g/mol. The van der Waals surface area contributed by atoms with Crippen LogP contribution in [-0.4, -0.2) is 47.9 Å². The molecular weight excluding hydrogens is 264 g/mol. The van der Waals surface area contributed by atoms with Gasteiger partial charge in [-0.15, -0.1) is 0 Å². The van der Waals surface area contributed by atoms with E-state index in [0.29, 0.717) is 24.6 Å². The van der Waals surface area contributed by atoms with Crippen LogP contribution < -0.4 is 5.32 Å². The number of ether oxygens (including phenoxy) is 2. The van der Waals surface area contributed by atoms with E-state index in [1.165, 1.54) is 12.3 Å². The monoisotopic (exact) mass is 278 g/mol. The van der Waals surface area contributed by atoms with Crippen LogP contribution in [0, 0.1) is 0 Å². The largest absolute Gasteiger partial charge is 0.478 e. The van der Waals surface area contributed by atoms with Gasteiger partial charge in [0.2, 0.25) is 0 Å². The van der Waals surface area contributed by atoms with Crippen molar-refractivity contribution in [2.45, 2.75) is 6.10 Å². The number of carbonyl (C=O) groups excluding carboxylic acids is 1. The van der Waals surface area contributed by atoms with Crippen LogP contribution in [0.4, 0.5) is 5.82 Å². The molecule has 0 saturated carbocycles. The average Bonchev–Trinajstić information content (AvgIpc) is 2.46. The molecule has 0 radical (unpaired) electrons. The van der Waals surface area contributed by atoms with Gasteiger partial charge in [0, 0.05) is 12.3 Å². The normalized spacial score (nSPS) is 18.9. The molecule has 20 heavy (non-hydrogen) atoms. The second-order valence-electron chi connectivity index (χ2n) is 4.07. The summed E-state index contributed by atoms with van der Waals surface area (Å²) in [6.07, 6.45) is 3.26. The number of anilines is 1. The molecule has 1 fully saturated rings. The van der Waals surface area contributed by atoms with E-state index in [4.69, 9.17) is 14.6 Å². The number of carboxylic acid groups (broad SMARTS) is 1. The molecule has 1 aromatic heterocycles.